The Kier molecular flexibility index (Phi) is 45.0. The van der Waals surface area contributed by atoms with Gasteiger partial charge < -0.3 is 20.1 Å². The van der Waals surface area contributed by atoms with Crippen LogP contribution in [0.1, 0.15) is 168 Å². The van der Waals surface area contributed by atoms with Crippen LogP contribution < -0.4 is 5.73 Å². The summed E-state index contributed by atoms with van der Waals surface area (Å²) in [6, 6.07) is 0. The van der Waals surface area contributed by atoms with E-state index in [0.29, 0.717) is 13.0 Å². The van der Waals surface area contributed by atoms with E-state index in [2.05, 4.69) is 123 Å². The van der Waals surface area contributed by atoms with E-state index in [0.717, 1.165) is 96.3 Å². The molecule has 342 valence electrons. The molecule has 0 amide bonds. The predicted molar refractivity (Wildman–Crippen MR) is 256 cm³/mol. The third-order valence-electron chi connectivity index (χ3n) is 9.19. The zero-order chi connectivity index (χ0) is 43.7. The van der Waals surface area contributed by atoms with Crippen molar-refractivity contribution >= 4 is 13.8 Å². The average molecular weight is 856 g/mol. The first-order valence-electron chi connectivity index (χ1n) is 23.4. The number of phosphoric acid groups is 1. The largest absolute Gasteiger partial charge is 0.472 e. The van der Waals surface area contributed by atoms with E-state index in [9.17, 15) is 14.3 Å². The Morgan fingerprint density at radius 3 is 1.32 bits per heavy atom. The minimum absolute atomic E-state index is 0.0781. The van der Waals surface area contributed by atoms with Crippen molar-refractivity contribution in [1.82, 2.24) is 0 Å². The van der Waals surface area contributed by atoms with Gasteiger partial charge in [0.05, 0.1) is 19.8 Å². The van der Waals surface area contributed by atoms with E-state index in [1.54, 1.807) is 0 Å². The van der Waals surface area contributed by atoms with Crippen LogP contribution in [0.4, 0.5) is 0 Å². The van der Waals surface area contributed by atoms with E-state index < -0.39 is 13.9 Å². The molecule has 0 aliphatic rings. The number of carbonyl (C=O) groups is 1. The fraction of sp³-hybridized carbons (Fsp3) is 0.627. The van der Waals surface area contributed by atoms with Crippen molar-refractivity contribution in [3.05, 3.63) is 109 Å². The smallest absolute Gasteiger partial charge is 0.457 e. The third kappa shape index (κ3) is 46.2. The molecule has 0 aromatic rings. The second-order valence-corrected chi connectivity index (χ2v) is 16.3. The molecule has 0 saturated carbocycles. The predicted octanol–water partition coefficient (Wildman–Crippen LogP) is 14.4. The summed E-state index contributed by atoms with van der Waals surface area (Å²) >= 11 is 0. The Labute approximate surface area is 367 Å². The summed E-state index contributed by atoms with van der Waals surface area (Å²) in [5, 5.41) is 0. The lowest BCUT2D eigenvalue weighted by molar-refractivity contribution is -0.154. The van der Waals surface area contributed by atoms with Crippen LogP contribution >= 0.6 is 7.82 Å². The number of unbranched alkanes of at least 4 members (excludes halogenated alkanes) is 12. The Balaban J connectivity index is 4.09. The van der Waals surface area contributed by atoms with Crippen LogP contribution in [0, 0.1) is 0 Å². The summed E-state index contributed by atoms with van der Waals surface area (Å²) in [6.07, 6.45) is 64.0. The average Bonchev–Trinajstić information content (AvgIpc) is 3.24. The van der Waals surface area contributed by atoms with Crippen molar-refractivity contribution in [3.63, 3.8) is 0 Å². The van der Waals surface area contributed by atoms with Gasteiger partial charge in [-0.3, -0.25) is 13.8 Å². The van der Waals surface area contributed by atoms with Gasteiger partial charge in [-0.1, -0.05) is 175 Å². The maximum atomic E-state index is 12.6. The molecule has 2 atom stereocenters. The second-order valence-electron chi connectivity index (χ2n) is 14.9. The minimum atomic E-state index is -4.30. The number of allylic oxidation sites excluding steroid dienone is 18. The molecule has 0 fully saturated rings. The Morgan fingerprint density at radius 1 is 0.500 bits per heavy atom. The number of phosphoric ester groups is 1. The van der Waals surface area contributed by atoms with Crippen molar-refractivity contribution < 1.29 is 32.8 Å². The highest BCUT2D eigenvalue weighted by Gasteiger charge is 2.25. The molecule has 0 aliphatic heterocycles. The summed E-state index contributed by atoms with van der Waals surface area (Å²) in [7, 11) is -4.30. The van der Waals surface area contributed by atoms with Crippen LogP contribution in [0.5, 0.6) is 0 Å². The first-order chi connectivity index (χ1) is 29.4. The lowest BCUT2D eigenvalue weighted by Crippen LogP contribution is -2.28. The van der Waals surface area contributed by atoms with Crippen LogP contribution in [0.25, 0.3) is 0 Å². The molecule has 0 aromatic heterocycles. The van der Waals surface area contributed by atoms with E-state index >= 15 is 0 Å². The number of hydrogen-bond acceptors (Lipinski definition) is 7. The van der Waals surface area contributed by atoms with E-state index in [1.807, 2.05) is 0 Å². The van der Waals surface area contributed by atoms with Crippen LogP contribution in [0.2, 0.25) is 0 Å². The van der Waals surface area contributed by atoms with E-state index in [-0.39, 0.29) is 32.3 Å². The minimum Gasteiger partial charge on any atom is -0.457 e. The van der Waals surface area contributed by atoms with Crippen molar-refractivity contribution in [2.24, 2.45) is 5.73 Å². The summed E-state index contributed by atoms with van der Waals surface area (Å²) in [4.78, 5) is 22.5. The van der Waals surface area contributed by atoms with Gasteiger partial charge in [0.1, 0.15) is 6.10 Å². The summed E-state index contributed by atoms with van der Waals surface area (Å²) in [6.45, 7) is 4.55. The Morgan fingerprint density at radius 2 is 0.883 bits per heavy atom. The van der Waals surface area contributed by atoms with Crippen LogP contribution in [-0.2, 0) is 27.9 Å². The molecule has 0 spiro atoms. The number of rotatable bonds is 43. The zero-order valence-corrected chi connectivity index (χ0v) is 38.8. The van der Waals surface area contributed by atoms with Gasteiger partial charge in [-0.2, -0.15) is 0 Å². The Bertz CT molecular complexity index is 1280. The number of carbonyl (C=O) groups excluding carboxylic acids is 1. The SMILES string of the molecule is CC/C=C\C/C=C\C/C=C\C/C=C\C/C=C\CCCCOCC(COP(=O)(O)OCCN)OC(=O)CCCCCCCCCCCC/C=C\C/C=C\C/C=C\C/C=C\CC. The van der Waals surface area contributed by atoms with Crippen molar-refractivity contribution in [2.75, 3.05) is 33.0 Å². The van der Waals surface area contributed by atoms with Crippen LogP contribution in [0.15, 0.2) is 109 Å². The molecule has 0 radical (unpaired) electrons. The monoisotopic (exact) mass is 856 g/mol. The standard InChI is InChI=1S/C51H86NO7P/c1-3-5-7-9-11-13-15-17-19-21-23-24-25-26-27-28-30-32-34-36-38-40-42-44-51(53)59-50(49-58-60(54,55)57-47-45-52)48-56-46-43-41-39-37-35-33-31-29-22-20-18-16-14-12-10-8-6-4-2/h5-8,11-14,17-20,23-24,29,31,35,37,50H,3-4,9-10,15-16,21-22,25-28,30,32-34,36,38-49,52H2,1-2H3,(H,54,55)/b7-5-,8-6-,13-11-,14-12-,19-17-,20-18-,24-23-,31-29-,37-35-. The van der Waals surface area contributed by atoms with Gasteiger partial charge in [0.25, 0.3) is 0 Å². The highest BCUT2D eigenvalue weighted by Crippen LogP contribution is 2.43. The molecule has 60 heavy (non-hydrogen) atoms. The molecule has 0 aliphatic carbocycles. The molecule has 0 bridgehead atoms. The molecule has 2 unspecified atom stereocenters. The fourth-order valence-electron chi connectivity index (χ4n) is 5.84. The summed E-state index contributed by atoms with van der Waals surface area (Å²) in [5.74, 6) is -0.355. The molecule has 0 heterocycles. The van der Waals surface area contributed by atoms with Crippen molar-refractivity contribution in [2.45, 2.75) is 174 Å². The normalized spacial score (nSPS) is 14.4. The van der Waals surface area contributed by atoms with Gasteiger partial charge in [-0.05, 0) is 96.3 Å². The summed E-state index contributed by atoms with van der Waals surface area (Å²) < 4.78 is 33.4. The number of ether oxygens (including phenoxy) is 2. The highest BCUT2D eigenvalue weighted by molar-refractivity contribution is 7.47. The van der Waals surface area contributed by atoms with Gasteiger partial charge in [0.15, 0.2) is 0 Å². The lowest BCUT2D eigenvalue weighted by Gasteiger charge is -2.20. The van der Waals surface area contributed by atoms with Crippen molar-refractivity contribution in [1.29, 1.82) is 0 Å². The topological polar surface area (TPSA) is 117 Å². The molecule has 0 saturated heterocycles. The second kappa shape index (κ2) is 47.2. The van der Waals surface area contributed by atoms with Crippen LogP contribution in [0.3, 0.4) is 0 Å². The maximum absolute atomic E-state index is 12.6. The van der Waals surface area contributed by atoms with Gasteiger partial charge in [-0.25, -0.2) is 4.57 Å². The third-order valence-corrected chi connectivity index (χ3v) is 10.2. The van der Waals surface area contributed by atoms with Gasteiger partial charge in [0.2, 0.25) is 0 Å². The van der Waals surface area contributed by atoms with Gasteiger partial charge in [0, 0.05) is 19.6 Å². The number of hydrogen-bond donors (Lipinski definition) is 2. The summed E-state index contributed by atoms with van der Waals surface area (Å²) in [5.41, 5.74) is 5.37. The molecule has 8 nitrogen and oxygen atoms in total. The van der Waals surface area contributed by atoms with E-state index in [1.165, 1.54) is 51.4 Å². The molecular formula is C51H86NO7P. The molecule has 0 rings (SSSR count). The number of nitrogens with two attached hydrogens (primary N) is 1. The molecular weight excluding hydrogens is 770 g/mol. The zero-order valence-electron chi connectivity index (χ0n) is 37.9. The molecule has 3 N–H and O–H groups in total. The lowest BCUT2D eigenvalue weighted by atomic mass is 10.0. The van der Waals surface area contributed by atoms with Crippen LogP contribution in [-0.4, -0.2) is 49.9 Å². The van der Waals surface area contributed by atoms with Crippen molar-refractivity contribution in [3.8, 4) is 0 Å². The molecule has 0 aromatic carbocycles. The highest BCUT2D eigenvalue weighted by atomic mass is 31.2. The quantitative estimate of drug-likeness (QED) is 0.0269. The van der Waals surface area contributed by atoms with Gasteiger partial charge in [-0.15, -0.1) is 0 Å². The van der Waals surface area contributed by atoms with E-state index in [4.69, 9.17) is 24.3 Å². The molecule has 9 heteroatoms. The fourth-order valence-corrected chi connectivity index (χ4v) is 6.60. The van der Waals surface area contributed by atoms with Gasteiger partial charge >= 0.3 is 13.8 Å². The maximum Gasteiger partial charge on any atom is 0.472 e. The Hall–Kier alpha value is -2.84. The number of esters is 1. The first-order valence-corrected chi connectivity index (χ1v) is 24.9. The first kappa shape index (κ1) is 57.2.